The molecule has 0 saturated carbocycles. The van der Waals surface area contributed by atoms with Gasteiger partial charge in [0.1, 0.15) is 11.4 Å². The summed E-state index contributed by atoms with van der Waals surface area (Å²) in [6.45, 7) is 7.77. The first-order valence-corrected chi connectivity index (χ1v) is 14.2. The van der Waals surface area contributed by atoms with E-state index in [1.807, 2.05) is 0 Å². The molecule has 2 heterocycles. The summed E-state index contributed by atoms with van der Waals surface area (Å²) in [5.41, 5.74) is -10.5. The molecule has 47 heavy (non-hydrogen) atoms. The second-order valence-corrected chi connectivity index (χ2v) is 12.3. The molecule has 0 aliphatic heterocycles. The number of aromatic nitrogens is 4. The summed E-state index contributed by atoms with van der Waals surface area (Å²) in [5, 5.41) is 6.62. The van der Waals surface area contributed by atoms with Gasteiger partial charge >= 0.3 is 12.4 Å². The summed E-state index contributed by atoms with van der Waals surface area (Å²) in [6, 6.07) is 3.78. The van der Waals surface area contributed by atoms with Crippen LogP contribution >= 0.6 is 23.2 Å². The third-order valence-electron chi connectivity index (χ3n) is 7.39. The van der Waals surface area contributed by atoms with E-state index < -0.39 is 79.9 Å². The van der Waals surface area contributed by atoms with Crippen LogP contribution in [-0.4, -0.2) is 19.6 Å². The van der Waals surface area contributed by atoms with E-state index in [1.165, 1.54) is 27.7 Å². The molecular weight excluding hydrogens is 687 g/mol. The van der Waals surface area contributed by atoms with Crippen molar-refractivity contribution >= 4 is 23.2 Å². The van der Waals surface area contributed by atoms with E-state index in [2.05, 4.69) is 10.2 Å². The van der Waals surface area contributed by atoms with E-state index in [0.29, 0.717) is 21.8 Å². The molecule has 252 valence electrons. The maximum Gasteiger partial charge on any atom is 0.418 e. The van der Waals surface area contributed by atoms with Gasteiger partial charge in [-0.15, -0.1) is 0 Å². The van der Waals surface area contributed by atoms with Crippen LogP contribution in [0.5, 0.6) is 0 Å². The molecule has 0 fully saturated rings. The maximum atomic E-state index is 15.1. The van der Waals surface area contributed by atoms with Crippen LogP contribution in [0.15, 0.2) is 46.2 Å². The number of ether oxygens (including phenoxy) is 1. The highest BCUT2D eigenvalue weighted by Gasteiger charge is 2.38. The van der Waals surface area contributed by atoms with Gasteiger partial charge in [0, 0.05) is 32.3 Å². The van der Waals surface area contributed by atoms with Crippen molar-refractivity contribution in [3.8, 4) is 11.4 Å². The Kier molecular flexibility index (Phi) is 9.20. The minimum Gasteiger partial charge on any atom is -0.360 e. The van der Waals surface area contributed by atoms with Gasteiger partial charge in [-0.3, -0.25) is 9.59 Å². The fourth-order valence-electron chi connectivity index (χ4n) is 5.06. The van der Waals surface area contributed by atoms with Crippen LogP contribution in [0.2, 0.25) is 10.0 Å². The zero-order chi connectivity index (χ0) is 35.6. The molecule has 0 aliphatic rings. The minimum atomic E-state index is -4.88. The van der Waals surface area contributed by atoms with Gasteiger partial charge in [0.15, 0.2) is 11.6 Å². The summed E-state index contributed by atoms with van der Waals surface area (Å²) in [4.78, 5) is 25.6. The fraction of sp³-hybridized carbons (Fsp3) is 0.333. The van der Waals surface area contributed by atoms with Gasteiger partial charge in [-0.25, -0.2) is 8.78 Å². The van der Waals surface area contributed by atoms with Crippen molar-refractivity contribution in [1.29, 1.82) is 0 Å². The molecule has 2 aromatic heterocycles. The van der Waals surface area contributed by atoms with E-state index in [-0.39, 0.29) is 21.2 Å². The van der Waals surface area contributed by atoms with E-state index in [9.17, 15) is 35.9 Å². The van der Waals surface area contributed by atoms with Crippen molar-refractivity contribution in [3.05, 3.63) is 112 Å². The second kappa shape index (κ2) is 12.0. The van der Waals surface area contributed by atoms with Gasteiger partial charge in [0.2, 0.25) is 0 Å². The van der Waals surface area contributed by atoms with Gasteiger partial charge in [-0.1, -0.05) is 23.2 Å². The smallest absolute Gasteiger partial charge is 0.360 e. The Bertz CT molecular complexity index is 1880. The fourth-order valence-corrected chi connectivity index (χ4v) is 5.82. The molecule has 0 amide bonds. The highest BCUT2D eigenvalue weighted by atomic mass is 35.5. The standard InChI is InChI=1S/C30H24Cl2F8N4O3/c1-13-17(29(35,36)37)11-41-43(25(13)45)23-7-15(19(31)9-21(23)33)27(3,4)47-28(5,6)16-8-24(22(34)10-20(16)32)44-26(46)14(2)18(12-42-44)30(38,39)40/h7-12H,1-6H3. The van der Waals surface area contributed by atoms with Crippen molar-refractivity contribution in [2.24, 2.45) is 0 Å². The predicted molar refractivity (Wildman–Crippen MR) is 156 cm³/mol. The van der Waals surface area contributed by atoms with E-state index in [0.717, 1.165) is 38.1 Å². The van der Waals surface area contributed by atoms with Crippen LogP contribution in [0, 0.1) is 25.5 Å². The number of alkyl halides is 6. The molecule has 0 saturated heterocycles. The Morgan fingerprint density at radius 1 is 0.617 bits per heavy atom. The molecule has 17 heteroatoms. The lowest BCUT2D eigenvalue weighted by Crippen LogP contribution is -2.35. The number of benzene rings is 2. The number of halogens is 10. The third-order valence-corrected chi connectivity index (χ3v) is 8.01. The normalized spacial score (nSPS) is 12.9. The zero-order valence-corrected chi connectivity index (χ0v) is 26.8. The van der Waals surface area contributed by atoms with Gasteiger partial charge in [0.05, 0.1) is 34.7 Å². The number of hydrogen-bond acceptors (Lipinski definition) is 5. The van der Waals surface area contributed by atoms with Crippen molar-refractivity contribution in [2.45, 2.75) is 65.1 Å². The largest absolute Gasteiger partial charge is 0.418 e. The highest BCUT2D eigenvalue weighted by molar-refractivity contribution is 6.32. The summed E-state index contributed by atoms with van der Waals surface area (Å²) < 4.78 is 117. The Balaban J connectivity index is 1.80. The Morgan fingerprint density at radius 3 is 1.23 bits per heavy atom. The average Bonchev–Trinajstić information content (AvgIpc) is 2.90. The molecule has 0 bridgehead atoms. The van der Waals surface area contributed by atoms with Crippen LogP contribution < -0.4 is 11.1 Å². The maximum absolute atomic E-state index is 15.1. The summed E-state index contributed by atoms with van der Waals surface area (Å²) in [6.07, 6.45) is -8.97. The lowest BCUT2D eigenvalue weighted by Gasteiger charge is -2.38. The van der Waals surface area contributed by atoms with Crippen LogP contribution in [0.3, 0.4) is 0 Å². The highest BCUT2D eigenvalue weighted by Crippen LogP contribution is 2.42. The summed E-state index contributed by atoms with van der Waals surface area (Å²) in [7, 11) is 0. The molecule has 0 atom stereocenters. The van der Waals surface area contributed by atoms with Crippen LogP contribution in [0.4, 0.5) is 35.1 Å². The summed E-state index contributed by atoms with van der Waals surface area (Å²) in [5.74, 6) is -2.17. The predicted octanol–water partition coefficient (Wildman–Crippen LogP) is 8.20. The van der Waals surface area contributed by atoms with E-state index in [4.69, 9.17) is 27.9 Å². The summed E-state index contributed by atoms with van der Waals surface area (Å²) >= 11 is 12.7. The van der Waals surface area contributed by atoms with Crippen molar-refractivity contribution in [2.75, 3.05) is 0 Å². The lowest BCUT2D eigenvalue weighted by atomic mass is 9.92. The van der Waals surface area contributed by atoms with Gasteiger partial charge in [-0.2, -0.15) is 45.9 Å². The topological polar surface area (TPSA) is 79.0 Å². The molecule has 0 N–H and O–H groups in total. The number of nitrogens with zero attached hydrogens (tertiary/aromatic N) is 4. The molecule has 0 aliphatic carbocycles. The molecule has 0 unspecified atom stereocenters. The first-order valence-electron chi connectivity index (χ1n) is 13.4. The van der Waals surface area contributed by atoms with Crippen LogP contribution in [0.25, 0.3) is 11.4 Å². The van der Waals surface area contributed by atoms with Crippen molar-refractivity contribution in [3.63, 3.8) is 0 Å². The molecule has 2 aromatic carbocycles. The zero-order valence-electron chi connectivity index (χ0n) is 25.3. The van der Waals surface area contributed by atoms with Crippen molar-refractivity contribution < 1.29 is 39.9 Å². The first kappa shape index (κ1) is 36.0. The van der Waals surface area contributed by atoms with E-state index >= 15 is 8.78 Å². The van der Waals surface area contributed by atoms with Crippen LogP contribution in [-0.2, 0) is 28.3 Å². The molecule has 7 nitrogen and oxygen atoms in total. The molecule has 0 spiro atoms. The Hall–Kier alpha value is -3.82. The molecular formula is C30H24Cl2F8N4O3. The second-order valence-electron chi connectivity index (χ2n) is 11.5. The van der Waals surface area contributed by atoms with Gasteiger partial charge in [0.25, 0.3) is 11.1 Å². The van der Waals surface area contributed by atoms with Gasteiger partial charge in [-0.05, 0) is 65.8 Å². The van der Waals surface area contributed by atoms with Crippen molar-refractivity contribution in [1.82, 2.24) is 19.6 Å². The van der Waals surface area contributed by atoms with E-state index in [1.54, 1.807) is 0 Å². The SMILES string of the molecule is Cc1c(C(F)(F)F)cnn(-c2cc(C(C)(C)OC(C)(C)c3cc(-n4ncc(C(F)(F)F)c(C)c4=O)c(F)cc3Cl)c(Cl)cc2F)c1=O. The Morgan fingerprint density at radius 2 is 0.936 bits per heavy atom. The molecule has 4 aromatic rings. The average molecular weight is 711 g/mol. The lowest BCUT2D eigenvalue weighted by molar-refractivity contribution is -0.139. The first-order chi connectivity index (χ1) is 21.4. The van der Waals surface area contributed by atoms with Gasteiger partial charge < -0.3 is 4.74 Å². The monoisotopic (exact) mass is 710 g/mol. The quantitative estimate of drug-likeness (QED) is 0.189. The van der Waals surface area contributed by atoms with Crippen LogP contribution in [0.1, 0.15) is 61.1 Å². The number of rotatable bonds is 6. The molecule has 0 radical (unpaired) electrons. The third kappa shape index (κ3) is 6.79. The number of hydrogen-bond donors (Lipinski definition) is 0. The molecule has 4 rings (SSSR count). The Labute approximate surface area is 271 Å². The minimum absolute atomic E-state index is 0.0459.